The monoisotopic (exact) mass is 334 g/mol. The van der Waals surface area contributed by atoms with Crippen LogP contribution in [-0.2, 0) is 11.2 Å². The highest BCUT2D eigenvalue weighted by Crippen LogP contribution is 2.23. The molecule has 0 heterocycles. The van der Waals surface area contributed by atoms with Crippen molar-refractivity contribution in [1.29, 1.82) is 0 Å². The molecule has 2 aromatic carbocycles. The van der Waals surface area contributed by atoms with Gasteiger partial charge in [0.1, 0.15) is 11.5 Å². The third kappa shape index (κ3) is 4.89. The van der Waals surface area contributed by atoms with Crippen LogP contribution in [-0.4, -0.2) is 23.8 Å². The normalized spacial score (nSPS) is 11.8. The minimum absolute atomic E-state index is 0.267. The SMILES string of the molecule is CCOc1ccc(C[C@@H](Oc2ccc(Cl)c(C)c2)C(=O)O)cc1. The Morgan fingerprint density at radius 3 is 2.39 bits per heavy atom. The average molecular weight is 335 g/mol. The Morgan fingerprint density at radius 2 is 1.83 bits per heavy atom. The minimum Gasteiger partial charge on any atom is -0.494 e. The molecule has 0 saturated carbocycles. The molecule has 0 aliphatic heterocycles. The molecule has 1 atom stereocenters. The van der Waals surface area contributed by atoms with Crippen LogP contribution in [0.1, 0.15) is 18.1 Å². The highest BCUT2D eigenvalue weighted by atomic mass is 35.5. The van der Waals surface area contributed by atoms with Gasteiger partial charge in [-0.25, -0.2) is 4.79 Å². The quantitative estimate of drug-likeness (QED) is 0.827. The highest BCUT2D eigenvalue weighted by Gasteiger charge is 2.20. The zero-order valence-electron chi connectivity index (χ0n) is 13.1. The maximum absolute atomic E-state index is 11.5. The van der Waals surface area contributed by atoms with Crippen molar-refractivity contribution in [3.8, 4) is 11.5 Å². The maximum Gasteiger partial charge on any atom is 0.345 e. The lowest BCUT2D eigenvalue weighted by Gasteiger charge is -2.16. The fourth-order valence-corrected chi connectivity index (χ4v) is 2.25. The Kier molecular flexibility index (Phi) is 5.88. The number of benzene rings is 2. The van der Waals surface area contributed by atoms with Crippen molar-refractivity contribution in [2.24, 2.45) is 0 Å². The molecule has 0 saturated heterocycles. The van der Waals surface area contributed by atoms with E-state index in [-0.39, 0.29) is 6.42 Å². The molecule has 0 aromatic heterocycles. The summed E-state index contributed by atoms with van der Waals surface area (Å²) in [5.41, 5.74) is 1.71. The van der Waals surface area contributed by atoms with E-state index < -0.39 is 12.1 Å². The first-order valence-electron chi connectivity index (χ1n) is 7.37. The van der Waals surface area contributed by atoms with Crippen LogP contribution in [0.2, 0.25) is 5.02 Å². The third-order valence-corrected chi connectivity index (χ3v) is 3.76. The lowest BCUT2D eigenvalue weighted by molar-refractivity contribution is -0.145. The first-order chi connectivity index (χ1) is 11.0. The van der Waals surface area contributed by atoms with E-state index in [1.54, 1.807) is 18.2 Å². The fraction of sp³-hybridized carbons (Fsp3) is 0.278. The van der Waals surface area contributed by atoms with Crippen LogP contribution < -0.4 is 9.47 Å². The molecule has 2 rings (SSSR count). The van der Waals surface area contributed by atoms with Gasteiger partial charge in [0.25, 0.3) is 0 Å². The Hall–Kier alpha value is -2.20. The molecule has 1 N–H and O–H groups in total. The number of carboxylic acid groups (broad SMARTS) is 1. The summed E-state index contributed by atoms with van der Waals surface area (Å²) < 4.78 is 11.0. The molecule has 23 heavy (non-hydrogen) atoms. The number of halogens is 1. The van der Waals surface area contributed by atoms with E-state index in [1.807, 2.05) is 38.1 Å². The van der Waals surface area contributed by atoms with Crippen molar-refractivity contribution < 1.29 is 19.4 Å². The molecule has 0 amide bonds. The van der Waals surface area contributed by atoms with Gasteiger partial charge in [0.05, 0.1) is 6.61 Å². The molecule has 2 aromatic rings. The van der Waals surface area contributed by atoms with Gasteiger partial charge in [0, 0.05) is 11.4 Å². The zero-order chi connectivity index (χ0) is 16.8. The van der Waals surface area contributed by atoms with Gasteiger partial charge in [-0.2, -0.15) is 0 Å². The number of aliphatic carboxylic acids is 1. The fourth-order valence-electron chi connectivity index (χ4n) is 2.14. The first kappa shape index (κ1) is 17.2. The smallest absolute Gasteiger partial charge is 0.345 e. The summed E-state index contributed by atoms with van der Waals surface area (Å²) in [6.45, 7) is 4.35. The molecule has 0 unspecified atom stereocenters. The van der Waals surface area contributed by atoms with Crippen LogP contribution in [0.15, 0.2) is 42.5 Å². The summed E-state index contributed by atoms with van der Waals surface area (Å²) in [5.74, 6) is 0.245. The van der Waals surface area contributed by atoms with Crippen LogP contribution in [0.4, 0.5) is 0 Å². The van der Waals surface area contributed by atoms with Gasteiger partial charge in [0.2, 0.25) is 0 Å². The molecule has 0 bridgehead atoms. The van der Waals surface area contributed by atoms with E-state index in [0.29, 0.717) is 17.4 Å². The van der Waals surface area contributed by atoms with Crippen LogP contribution in [0.3, 0.4) is 0 Å². The molecule has 122 valence electrons. The van der Waals surface area contributed by atoms with Crippen molar-refractivity contribution in [3.05, 3.63) is 58.6 Å². The number of rotatable bonds is 7. The molecule has 0 radical (unpaired) electrons. The zero-order valence-corrected chi connectivity index (χ0v) is 13.8. The molecule has 0 aliphatic carbocycles. The molecule has 0 fully saturated rings. The number of aryl methyl sites for hydroxylation is 1. The second kappa shape index (κ2) is 7.88. The minimum atomic E-state index is -1.01. The number of carboxylic acids is 1. The van der Waals surface area contributed by atoms with Gasteiger partial charge >= 0.3 is 5.97 Å². The summed E-state index contributed by atoms with van der Waals surface area (Å²) in [6, 6.07) is 12.4. The van der Waals surface area contributed by atoms with Crippen molar-refractivity contribution in [1.82, 2.24) is 0 Å². The topological polar surface area (TPSA) is 55.8 Å². The lowest BCUT2D eigenvalue weighted by Crippen LogP contribution is -2.29. The van der Waals surface area contributed by atoms with Crippen LogP contribution in [0, 0.1) is 6.92 Å². The predicted molar refractivity (Wildman–Crippen MR) is 89.6 cm³/mol. The largest absolute Gasteiger partial charge is 0.494 e. The second-order valence-electron chi connectivity index (χ2n) is 5.14. The molecule has 0 spiro atoms. The Morgan fingerprint density at radius 1 is 1.17 bits per heavy atom. The van der Waals surface area contributed by atoms with Crippen molar-refractivity contribution in [2.45, 2.75) is 26.4 Å². The van der Waals surface area contributed by atoms with E-state index in [2.05, 4.69) is 0 Å². The maximum atomic E-state index is 11.5. The lowest BCUT2D eigenvalue weighted by atomic mass is 10.1. The molecule has 4 nitrogen and oxygen atoms in total. The van der Waals surface area contributed by atoms with Crippen LogP contribution >= 0.6 is 11.6 Å². The molecular formula is C18H19ClO4. The summed E-state index contributed by atoms with van der Waals surface area (Å²) in [4.78, 5) is 11.5. The Balaban J connectivity index is 2.09. The summed E-state index contributed by atoms with van der Waals surface area (Å²) in [7, 11) is 0. The highest BCUT2D eigenvalue weighted by molar-refractivity contribution is 6.31. The van der Waals surface area contributed by atoms with Gasteiger partial charge in [-0.15, -0.1) is 0 Å². The average Bonchev–Trinajstić information content (AvgIpc) is 2.52. The molecule has 5 heteroatoms. The van der Waals surface area contributed by atoms with E-state index in [4.69, 9.17) is 21.1 Å². The van der Waals surface area contributed by atoms with Crippen LogP contribution in [0.5, 0.6) is 11.5 Å². The predicted octanol–water partition coefficient (Wildman–Crippen LogP) is 4.12. The molecular weight excluding hydrogens is 316 g/mol. The third-order valence-electron chi connectivity index (χ3n) is 3.34. The summed E-state index contributed by atoms with van der Waals surface area (Å²) in [5, 5.41) is 10.0. The van der Waals surface area contributed by atoms with E-state index >= 15 is 0 Å². The Bertz CT molecular complexity index is 667. The summed E-state index contributed by atoms with van der Waals surface area (Å²) >= 11 is 5.97. The van der Waals surface area contributed by atoms with E-state index in [0.717, 1.165) is 16.9 Å². The number of hydrogen-bond donors (Lipinski definition) is 1. The van der Waals surface area contributed by atoms with Crippen LogP contribution in [0.25, 0.3) is 0 Å². The standard InChI is InChI=1S/C18H19ClO4/c1-3-22-14-6-4-13(5-7-14)11-17(18(20)21)23-15-8-9-16(19)12(2)10-15/h4-10,17H,3,11H2,1-2H3,(H,20,21)/t17-/m1/s1. The van der Waals surface area contributed by atoms with E-state index in [1.165, 1.54) is 0 Å². The number of carbonyl (C=O) groups is 1. The van der Waals surface area contributed by atoms with Gasteiger partial charge in [0.15, 0.2) is 6.10 Å². The van der Waals surface area contributed by atoms with Gasteiger partial charge in [-0.1, -0.05) is 23.7 Å². The number of ether oxygens (including phenoxy) is 2. The van der Waals surface area contributed by atoms with Crippen molar-refractivity contribution >= 4 is 17.6 Å². The molecule has 0 aliphatic rings. The summed E-state index contributed by atoms with van der Waals surface area (Å²) in [6.07, 6.45) is -0.697. The number of hydrogen-bond acceptors (Lipinski definition) is 3. The van der Waals surface area contributed by atoms with Crippen molar-refractivity contribution in [3.63, 3.8) is 0 Å². The van der Waals surface area contributed by atoms with Crippen molar-refractivity contribution in [2.75, 3.05) is 6.61 Å². The van der Waals surface area contributed by atoms with Gasteiger partial charge in [-0.3, -0.25) is 0 Å². The van der Waals surface area contributed by atoms with E-state index in [9.17, 15) is 9.90 Å². The second-order valence-corrected chi connectivity index (χ2v) is 5.54. The van der Waals surface area contributed by atoms with Gasteiger partial charge < -0.3 is 14.6 Å². The van der Waals surface area contributed by atoms with Gasteiger partial charge in [-0.05, 0) is 55.3 Å². The Labute approximate surface area is 140 Å². The first-order valence-corrected chi connectivity index (χ1v) is 7.74.